The quantitative estimate of drug-likeness (QED) is 0.0437. The van der Waals surface area contributed by atoms with E-state index >= 15 is 0 Å². The van der Waals surface area contributed by atoms with Gasteiger partial charge in [0.15, 0.2) is 0 Å². The molecule has 4 amide bonds. The van der Waals surface area contributed by atoms with E-state index in [0.29, 0.717) is 0 Å². The molecule has 0 unspecified atom stereocenters. The molecule has 0 heterocycles. The summed E-state index contributed by atoms with van der Waals surface area (Å²) in [6.07, 6.45) is 0.583. The Bertz CT molecular complexity index is 2280. The van der Waals surface area contributed by atoms with Gasteiger partial charge in [-0.15, -0.1) is 11.8 Å². The zero-order valence-corrected chi connectivity index (χ0v) is 36.9. The molecule has 326 valence electrons. The van der Waals surface area contributed by atoms with Crippen LogP contribution in [-0.4, -0.2) is 65.4 Å². The number of aliphatic carboxylic acids is 1. The van der Waals surface area contributed by atoms with Crippen LogP contribution in [0.1, 0.15) is 68.4 Å². The van der Waals surface area contributed by atoms with E-state index in [1.807, 2.05) is 140 Å². The zero-order chi connectivity index (χ0) is 45.1. The number of carboxylic acid groups (broad SMARTS) is 1. The Labute approximate surface area is 373 Å². The number of ether oxygens (including phenoxy) is 1. The SMILES string of the molecule is C/C=C(\NC(=O)[C@H](CSC(c1ccccc1)(c1ccccc1)c1ccccc1)NC(=O)[C@@H](NC(=O)OCC1c2ccccc2-c2ccccc21)C(C)C)C(=O)N[C@H](C(=O)O)C(C)C. The van der Waals surface area contributed by atoms with Crippen molar-refractivity contribution in [2.24, 2.45) is 11.8 Å². The van der Waals surface area contributed by atoms with Crippen molar-refractivity contribution in [2.75, 3.05) is 12.4 Å². The fourth-order valence-electron chi connectivity index (χ4n) is 7.94. The van der Waals surface area contributed by atoms with Gasteiger partial charge in [-0.1, -0.05) is 173 Å². The van der Waals surface area contributed by atoms with Gasteiger partial charge in [0.1, 0.15) is 30.4 Å². The maximum absolute atomic E-state index is 14.5. The van der Waals surface area contributed by atoms with Crippen LogP contribution in [0.25, 0.3) is 11.1 Å². The van der Waals surface area contributed by atoms with Gasteiger partial charge in [-0.3, -0.25) is 14.4 Å². The van der Waals surface area contributed by atoms with Crippen molar-refractivity contribution in [3.8, 4) is 11.1 Å². The van der Waals surface area contributed by atoms with Crippen molar-refractivity contribution in [1.29, 1.82) is 0 Å². The smallest absolute Gasteiger partial charge is 0.407 e. The molecule has 1 aliphatic rings. The van der Waals surface area contributed by atoms with Gasteiger partial charge in [0.2, 0.25) is 11.8 Å². The van der Waals surface area contributed by atoms with Crippen LogP contribution in [0.5, 0.6) is 0 Å². The number of thioether (sulfide) groups is 1. The second-order valence-corrected chi connectivity index (χ2v) is 17.3. The third-order valence-corrected chi connectivity index (χ3v) is 12.9. The van der Waals surface area contributed by atoms with Crippen LogP contribution in [0.15, 0.2) is 151 Å². The first-order chi connectivity index (χ1) is 30.3. The zero-order valence-electron chi connectivity index (χ0n) is 36.0. The molecule has 0 bridgehead atoms. The molecule has 0 saturated carbocycles. The molecule has 5 aromatic carbocycles. The number of hydrogen-bond acceptors (Lipinski definition) is 7. The van der Waals surface area contributed by atoms with Gasteiger partial charge in [0.05, 0.1) is 4.75 Å². The molecule has 0 aromatic heterocycles. The minimum atomic E-state index is -1.27. The number of fused-ring (bicyclic) bond motifs is 3. The predicted octanol–water partition coefficient (Wildman–Crippen LogP) is 8.01. The molecule has 1 aliphatic carbocycles. The number of carbonyl (C=O) groups excluding carboxylic acids is 4. The Kier molecular flexibility index (Phi) is 15.2. The summed E-state index contributed by atoms with van der Waals surface area (Å²) >= 11 is 1.43. The van der Waals surface area contributed by atoms with Crippen LogP contribution >= 0.6 is 11.8 Å². The van der Waals surface area contributed by atoms with E-state index in [2.05, 4.69) is 21.3 Å². The third kappa shape index (κ3) is 10.5. The van der Waals surface area contributed by atoms with E-state index in [1.165, 1.54) is 17.8 Å². The van der Waals surface area contributed by atoms with Crippen LogP contribution in [0.2, 0.25) is 0 Å². The average molecular weight is 867 g/mol. The fourth-order valence-corrected chi connectivity index (χ4v) is 9.50. The maximum Gasteiger partial charge on any atom is 0.407 e. The molecule has 5 N–H and O–H groups in total. The topological polar surface area (TPSA) is 163 Å². The summed E-state index contributed by atoms with van der Waals surface area (Å²) in [4.78, 5) is 67.9. The maximum atomic E-state index is 14.5. The second-order valence-electron chi connectivity index (χ2n) is 16.1. The normalized spacial score (nSPS) is 13.9. The van der Waals surface area contributed by atoms with E-state index in [-0.39, 0.29) is 24.0 Å². The van der Waals surface area contributed by atoms with Gasteiger partial charge in [-0.2, -0.15) is 0 Å². The summed E-state index contributed by atoms with van der Waals surface area (Å²) in [5.41, 5.74) is 6.86. The van der Waals surface area contributed by atoms with Crippen molar-refractivity contribution in [3.05, 3.63) is 179 Å². The number of rotatable bonds is 18. The molecule has 63 heavy (non-hydrogen) atoms. The van der Waals surface area contributed by atoms with E-state index in [4.69, 9.17) is 4.74 Å². The Morgan fingerprint density at radius 2 is 1.10 bits per heavy atom. The van der Waals surface area contributed by atoms with Crippen molar-refractivity contribution >= 4 is 41.5 Å². The summed E-state index contributed by atoms with van der Waals surface area (Å²) in [5, 5.41) is 20.6. The first-order valence-electron chi connectivity index (χ1n) is 21.1. The number of benzene rings is 5. The first kappa shape index (κ1) is 45.9. The van der Waals surface area contributed by atoms with Gasteiger partial charge in [-0.25, -0.2) is 9.59 Å². The molecule has 6 rings (SSSR count). The lowest BCUT2D eigenvalue weighted by Gasteiger charge is -2.36. The van der Waals surface area contributed by atoms with Gasteiger partial charge in [-0.05, 0) is 57.7 Å². The largest absolute Gasteiger partial charge is 0.480 e. The molecule has 0 aliphatic heterocycles. The van der Waals surface area contributed by atoms with Crippen LogP contribution in [0.4, 0.5) is 4.79 Å². The Morgan fingerprint density at radius 3 is 1.54 bits per heavy atom. The van der Waals surface area contributed by atoms with Crippen LogP contribution in [0.3, 0.4) is 0 Å². The summed E-state index contributed by atoms with van der Waals surface area (Å²) in [6.45, 7) is 8.47. The molecular formula is C51H54N4O7S. The van der Waals surface area contributed by atoms with E-state index in [0.717, 1.165) is 38.9 Å². The molecular weight excluding hydrogens is 813 g/mol. The number of allylic oxidation sites excluding steroid dienone is 1. The molecule has 3 atom stereocenters. The standard InChI is InChI=1S/C51H54N4O7S/c1-6-42(46(56)54-45(33(4)5)49(59)60)52-47(57)43(31-63-51(34-20-10-7-11-21-34,35-22-12-8-13-23-35)36-24-14-9-15-25-36)53-48(58)44(32(2)3)55-50(61)62-30-41-39-28-18-16-26-37(39)38-27-17-19-29-40(38)41/h6-29,32-33,41,43-45H,30-31H2,1-5H3,(H,52,57)(H,53,58)(H,54,56)(H,55,61)(H,59,60)/b42-6-/t43-,44-,45-/m0/s1. The highest BCUT2D eigenvalue weighted by molar-refractivity contribution is 8.00. The number of carboxylic acids is 1. The Hall–Kier alpha value is -6.66. The summed E-state index contributed by atoms with van der Waals surface area (Å²) in [5.74, 6) is -4.44. The first-order valence-corrected chi connectivity index (χ1v) is 22.1. The second kappa shape index (κ2) is 20.9. The summed E-state index contributed by atoms with van der Waals surface area (Å²) in [7, 11) is 0. The lowest BCUT2D eigenvalue weighted by molar-refractivity contribution is -0.142. The minimum Gasteiger partial charge on any atom is -0.480 e. The lowest BCUT2D eigenvalue weighted by Crippen LogP contribution is -2.57. The van der Waals surface area contributed by atoms with Gasteiger partial charge < -0.3 is 31.1 Å². The molecule has 5 aromatic rings. The molecule has 11 nitrogen and oxygen atoms in total. The highest BCUT2D eigenvalue weighted by Gasteiger charge is 2.40. The number of hydrogen-bond donors (Lipinski definition) is 5. The van der Waals surface area contributed by atoms with Crippen LogP contribution < -0.4 is 21.3 Å². The van der Waals surface area contributed by atoms with E-state index in [1.54, 1.807) is 34.6 Å². The Balaban J connectivity index is 1.28. The molecule has 12 heteroatoms. The average Bonchev–Trinajstić information content (AvgIpc) is 3.62. The molecule has 0 fully saturated rings. The molecule has 0 radical (unpaired) electrons. The molecule has 0 saturated heterocycles. The highest BCUT2D eigenvalue weighted by Crippen LogP contribution is 2.49. The number of carbonyl (C=O) groups is 5. The highest BCUT2D eigenvalue weighted by atomic mass is 32.2. The van der Waals surface area contributed by atoms with Gasteiger partial charge >= 0.3 is 12.1 Å². The van der Waals surface area contributed by atoms with Crippen molar-refractivity contribution < 1.29 is 33.8 Å². The lowest BCUT2D eigenvalue weighted by atomic mass is 9.84. The number of amides is 4. The van der Waals surface area contributed by atoms with E-state index < -0.39 is 64.5 Å². The fraction of sp³-hybridized carbons (Fsp3) is 0.275. The monoisotopic (exact) mass is 866 g/mol. The van der Waals surface area contributed by atoms with Crippen molar-refractivity contribution in [3.63, 3.8) is 0 Å². The number of alkyl carbamates (subject to hydrolysis) is 1. The van der Waals surface area contributed by atoms with Gasteiger partial charge in [0, 0.05) is 11.7 Å². The minimum absolute atomic E-state index is 0.00558. The van der Waals surface area contributed by atoms with Crippen LogP contribution in [-0.2, 0) is 28.7 Å². The summed E-state index contributed by atoms with van der Waals surface area (Å²) < 4.78 is 4.94. The third-order valence-electron chi connectivity index (χ3n) is 11.2. The predicted molar refractivity (Wildman–Crippen MR) is 247 cm³/mol. The van der Waals surface area contributed by atoms with Crippen molar-refractivity contribution in [1.82, 2.24) is 21.3 Å². The van der Waals surface area contributed by atoms with Crippen molar-refractivity contribution in [2.45, 2.75) is 63.4 Å². The summed E-state index contributed by atoms with van der Waals surface area (Å²) in [6, 6.07) is 42.0. The molecule has 0 spiro atoms. The van der Waals surface area contributed by atoms with Gasteiger partial charge in [0.25, 0.3) is 5.91 Å². The number of nitrogens with one attached hydrogen (secondary N) is 4. The van der Waals surface area contributed by atoms with Crippen LogP contribution in [0, 0.1) is 11.8 Å². The van der Waals surface area contributed by atoms with E-state index in [9.17, 15) is 29.1 Å². The Morgan fingerprint density at radius 1 is 0.635 bits per heavy atom.